The number of amidine groups is 1. The lowest BCUT2D eigenvalue weighted by Crippen LogP contribution is -2.36. The number of thioether (sulfide) groups is 1. The van der Waals surface area contributed by atoms with Crippen molar-refractivity contribution >= 4 is 16.9 Å². The molecule has 2 rings (SSSR count). The van der Waals surface area contributed by atoms with E-state index in [1.54, 1.807) is 11.8 Å². The Labute approximate surface area is 108 Å². The average molecular weight is 248 g/mol. The van der Waals surface area contributed by atoms with Crippen molar-refractivity contribution in [2.45, 2.75) is 25.7 Å². The molecule has 3 heteroatoms. The largest absolute Gasteiger partial charge is 0.352 e. The van der Waals surface area contributed by atoms with Gasteiger partial charge in [-0.05, 0) is 30.1 Å². The van der Waals surface area contributed by atoms with Gasteiger partial charge in [-0.15, -0.1) is 0 Å². The van der Waals surface area contributed by atoms with Crippen LogP contribution < -0.4 is 0 Å². The van der Waals surface area contributed by atoms with Crippen molar-refractivity contribution in [3.63, 3.8) is 0 Å². The van der Waals surface area contributed by atoms with Gasteiger partial charge < -0.3 is 4.90 Å². The molecule has 1 heterocycles. The molecule has 1 aliphatic heterocycles. The average Bonchev–Trinajstić information content (AvgIpc) is 2.40. The van der Waals surface area contributed by atoms with Gasteiger partial charge in [-0.25, -0.2) is 0 Å². The van der Waals surface area contributed by atoms with Gasteiger partial charge in [0.1, 0.15) is 0 Å². The zero-order valence-electron chi connectivity index (χ0n) is 10.4. The van der Waals surface area contributed by atoms with Crippen LogP contribution in [0.2, 0.25) is 0 Å². The molecule has 0 atom stereocenters. The summed E-state index contributed by atoms with van der Waals surface area (Å²) in [6, 6.07) is 10.8. The zero-order chi connectivity index (χ0) is 12.1. The number of nitrogens with zero attached hydrogens (tertiary/aromatic N) is 1. The minimum Gasteiger partial charge on any atom is -0.352 e. The third-order valence-corrected chi connectivity index (χ3v) is 4.15. The van der Waals surface area contributed by atoms with Gasteiger partial charge in [0.2, 0.25) is 0 Å². The van der Waals surface area contributed by atoms with Crippen LogP contribution in [0.5, 0.6) is 0 Å². The summed E-state index contributed by atoms with van der Waals surface area (Å²) >= 11 is 1.64. The third kappa shape index (κ3) is 3.25. The topological polar surface area (TPSA) is 27.1 Å². The van der Waals surface area contributed by atoms with Gasteiger partial charge in [0, 0.05) is 13.1 Å². The highest BCUT2D eigenvalue weighted by atomic mass is 32.2. The number of likely N-dealkylation sites (tertiary alicyclic amines) is 1. The van der Waals surface area contributed by atoms with Crippen molar-refractivity contribution < 1.29 is 0 Å². The monoisotopic (exact) mass is 248 g/mol. The van der Waals surface area contributed by atoms with Crippen molar-refractivity contribution in [3.05, 3.63) is 35.9 Å². The maximum absolute atomic E-state index is 7.94. The maximum atomic E-state index is 7.94. The van der Waals surface area contributed by atoms with E-state index in [0.29, 0.717) is 5.92 Å². The number of benzene rings is 1. The first kappa shape index (κ1) is 12.5. The molecule has 1 N–H and O–H groups in total. The minimum atomic E-state index is 0.687. The Morgan fingerprint density at radius 3 is 2.53 bits per heavy atom. The SMILES string of the molecule is CCSC(=N)N1CCC(c2ccccc2)CC1. The molecule has 17 heavy (non-hydrogen) atoms. The van der Waals surface area contributed by atoms with Crippen LogP contribution in [0.4, 0.5) is 0 Å². The molecule has 0 bridgehead atoms. The van der Waals surface area contributed by atoms with Crippen LogP contribution in [0.1, 0.15) is 31.2 Å². The lowest BCUT2D eigenvalue weighted by molar-refractivity contribution is 0.316. The third-order valence-electron chi connectivity index (χ3n) is 3.33. The second-order valence-electron chi connectivity index (χ2n) is 4.41. The molecule has 92 valence electrons. The number of nitrogens with one attached hydrogen (secondary N) is 1. The van der Waals surface area contributed by atoms with Crippen LogP contribution in [0.15, 0.2) is 30.3 Å². The van der Waals surface area contributed by atoms with E-state index < -0.39 is 0 Å². The predicted molar refractivity (Wildman–Crippen MR) is 75.8 cm³/mol. The first-order valence-electron chi connectivity index (χ1n) is 6.32. The molecule has 1 aliphatic rings. The zero-order valence-corrected chi connectivity index (χ0v) is 11.2. The fraction of sp³-hybridized carbons (Fsp3) is 0.500. The molecule has 1 saturated heterocycles. The Bertz CT molecular complexity index is 356. The highest BCUT2D eigenvalue weighted by Crippen LogP contribution is 2.28. The van der Waals surface area contributed by atoms with Crippen molar-refractivity contribution in [3.8, 4) is 0 Å². The van der Waals surface area contributed by atoms with Crippen LogP contribution in [0.3, 0.4) is 0 Å². The Hall–Kier alpha value is -0.960. The summed E-state index contributed by atoms with van der Waals surface area (Å²) in [4.78, 5) is 2.22. The summed E-state index contributed by atoms with van der Waals surface area (Å²) in [5, 5.41) is 8.69. The molecule has 2 nitrogen and oxygen atoms in total. The van der Waals surface area contributed by atoms with Gasteiger partial charge in [0.05, 0.1) is 0 Å². The predicted octanol–water partition coefficient (Wildman–Crippen LogP) is 3.55. The number of hydrogen-bond acceptors (Lipinski definition) is 2. The van der Waals surface area contributed by atoms with Gasteiger partial charge in [-0.2, -0.15) is 0 Å². The smallest absolute Gasteiger partial charge is 0.156 e. The van der Waals surface area contributed by atoms with E-state index in [4.69, 9.17) is 5.41 Å². The molecule has 0 radical (unpaired) electrons. The fourth-order valence-electron chi connectivity index (χ4n) is 2.37. The summed E-state index contributed by atoms with van der Waals surface area (Å²) in [7, 11) is 0. The molecule has 0 aliphatic carbocycles. The lowest BCUT2D eigenvalue weighted by Gasteiger charge is -2.33. The number of piperidine rings is 1. The lowest BCUT2D eigenvalue weighted by atomic mass is 9.90. The van der Waals surface area contributed by atoms with Gasteiger partial charge in [0.25, 0.3) is 0 Å². The quantitative estimate of drug-likeness (QED) is 0.640. The summed E-state index contributed by atoms with van der Waals surface area (Å²) in [6.07, 6.45) is 2.35. The number of rotatable bonds is 2. The normalized spacial score (nSPS) is 17.1. The van der Waals surface area contributed by atoms with Crippen LogP contribution in [0.25, 0.3) is 0 Å². The molecule has 0 amide bonds. The van der Waals surface area contributed by atoms with E-state index >= 15 is 0 Å². The van der Waals surface area contributed by atoms with Gasteiger partial charge in [-0.1, -0.05) is 49.0 Å². The van der Waals surface area contributed by atoms with E-state index in [1.807, 2.05) is 0 Å². The first-order chi connectivity index (χ1) is 8.31. The molecular weight excluding hydrogens is 228 g/mol. The summed E-state index contributed by atoms with van der Waals surface area (Å²) in [5.74, 6) is 1.68. The maximum Gasteiger partial charge on any atom is 0.156 e. The van der Waals surface area contributed by atoms with E-state index in [9.17, 15) is 0 Å². The van der Waals surface area contributed by atoms with Crippen molar-refractivity contribution in [2.75, 3.05) is 18.8 Å². The van der Waals surface area contributed by atoms with Gasteiger partial charge in [-0.3, -0.25) is 5.41 Å². The number of hydrogen-bond donors (Lipinski definition) is 1. The molecule has 0 unspecified atom stereocenters. The van der Waals surface area contributed by atoms with Crippen LogP contribution in [-0.2, 0) is 0 Å². The first-order valence-corrected chi connectivity index (χ1v) is 7.31. The Balaban J connectivity index is 1.88. The molecule has 0 saturated carbocycles. The van der Waals surface area contributed by atoms with Crippen molar-refractivity contribution in [2.24, 2.45) is 0 Å². The summed E-state index contributed by atoms with van der Waals surface area (Å²) in [6.45, 7) is 4.17. The van der Waals surface area contributed by atoms with Gasteiger partial charge in [0.15, 0.2) is 5.17 Å². The second kappa shape index (κ2) is 6.10. The van der Waals surface area contributed by atoms with E-state index in [0.717, 1.165) is 24.0 Å². The summed E-state index contributed by atoms with van der Waals surface area (Å²) in [5.41, 5.74) is 1.46. The Morgan fingerprint density at radius 1 is 1.29 bits per heavy atom. The highest BCUT2D eigenvalue weighted by molar-refractivity contribution is 8.13. The molecule has 1 fully saturated rings. The highest BCUT2D eigenvalue weighted by Gasteiger charge is 2.21. The molecule has 1 aromatic carbocycles. The standard InChI is InChI=1S/C14H20N2S/c1-2-17-14(15)16-10-8-13(9-11-16)12-6-4-3-5-7-12/h3-7,13,15H,2,8-11H2,1H3. The van der Waals surface area contributed by atoms with E-state index in [2.05, 4.69) is 42.2 Å². The Morgan fingerprint density at radius 2 is 1.94 bits per heavy atom. The van der Waals surface area contributed by atoms with Crippen molar-refractivity contribution in [1.82, 2.24) is 4.90 Å². The Kier molecular flexibility index (Phi) is 4.49. The summed E-state index contributed by atoms with van der Waals surface area (Å²) < 4.78 is 0. The van der Waals surface area contributed by atoms with Crippen LogP contribution in [-0.4, -0.2) is 28.9 Å². The van der Waals surface area contributed by atoms with Crippen LogP contribution in [0, 0.1) is 5.41 Å². The second-order valence-corrected chi connectivity index (χ2v) is 5.66. The molecule has 0 aromatic heterocycles. The fourth-order valence-corrected chi connectivity index (χ4v) is 3.01. The van der Waals surface area contributed by atoms with Gasteiger partial charge >= 0.3 is 0 Å². The molecule has 1 aromatic rings. The minimum absolute atomic E-state index is 0.687. The molecule has 0 spiro atoms. The van der Waals surface area contributed by atoms with Crippen molar-refractivity contribution in [1.29, 1.82) is 5.41 Å². The molecular formula is C14H20N2S. The van der Waals surface area contributed by atoms with E-state index in [-0.39, 0.29) is 0 Å². The van der Waals surface area contributed by atoms with Crippen LogP contribution >= 0.6 is 11.8 Å². The van der Waals surface area contributed by atoms with E-state index in [1.165, 1.54) is 18.4 Å².